The van der Waals surface area contributed by atoms with Crippen LogP contribution in [0.15, 0.2) is 0 Å². The number of hydrogen-bond donors (Lipinski definition) is 2. The molecule has 1 heterocycles. The van der Waals surface area contributed by atoms with Crippen LogP contribution in [-0.4, -0.2) is 23.3 Å². The second kappa shape index (κ2) is 11.6. The Bertz CT molecular complexity index is 219. The van der Waals surface area contributed by atoms with Gasteiger partial charge in [-0.15, -0.1) is 0 Å². The predicted octanol–water partition coefficient (Wildman–Crippen LogP) is 4.80. The second-order valence-corrected chi connectivity index (χ2v) is 6.77. The van der Waals surface area contributed by atoms with Crippen molar-refractivity contribution in [3.8, 4) is 0 Å². The standard InChI is InChI=1S/C18H37NO/c1-3-4-5-6-7-8-9-10-11-12-13-17-14-15-18(20)16(2)19-17/h16-20H,3-15H2,1-2H3/t16-,17+,18+/m1/s1. The average Bonchev–Trinajstić information content (AvgIpc) is 2.45. The highest BCUT2D eigenvalue weighted by Crippen LogP contribution is 2.18. The summed E-state index contributed by atoms with van der Waals surface area (Å²) in [5.41, 5.74) is 0. The van der Waals surface area contributed by atoms with E-state index >= 15 is 0 Å². The molecule has 1 fully saturated rings. The summed E-state index contributed by atoms with van der Waals surface area (Å²) in [5, 5.41) is 13.2. The van der Waals surface area contributed by atoms with Gasteiger partial charge in [0.1, 0.15) is 0 Å². The van der Waals surface area contributed by atoms with Crippen molar-refractivity contribution in [2.75, 3.05) is 0 Å². The van der Waals surface area contributed by atoms with Crippen LogP contribution in [0.5, 0.6) is 0 Å². The van der Waals surface area contributed by atoms with E-state index in [1.54, 1.807) is 0 Å². The van der Waals surface area contributed by atoms with E-state index in [1.165, 1.54) is 70.6 Å². The van der Waals surface area contributed by atoms with E-state index in [2.05, 4.69) is 19.2 Å². The molecule has 2 heteroatoms. The molecule has 0 unspecified atom stereocenters. The van der Waals surface area contributed by atoms with E-state index in [4.69, 9.17) is 0 Å². The molecule has 0 bridgehead atoms. The SMILES string of the molecule is CCCCCCCCCCCC[C@H]1CC[C@H](O)[C@@H](C)N1. The number of piperidine rings is 1. The Hall–Kier alpha value is -0.0800. The van der Waals surface area contributed by atoms with E-state index in [0.29, 0.717) is 6.04 Å². The first kappa shape index (κ1) is 18.0. The van der Waals surface area contributed by atoms with Crippen molar-refractivity contribution in [3.05, 3.63) is 0 Å². The van der Waals surface area contributed by atoms with Gasteiger partial charge in [-0.1, -0.05) is 71.1 Å². The van der Waals surface area contributed by atoms with E-state index in [1.807, 2.05) is 0 Å². The fourth-order valence-electron chi connectivity index (χ4n) is 3.29. The highest BCUT2D eigenvalue weighted by molar-refractivity contribution is 4.83. The second-order valence-electron chi connectivity index (χ2n) is 6.77. The number of nitrogens with one attached hydrogen (secondary N) is 1. The molecule has 120 valence electrons. The lowest BCUT2D eigenvalue weighted by atomic mass is 9.93. The fraction of sp³-hybridized carbons (Fsp3) is 1.00. The molecule has 0 radical (unpaired) electrons. The van der Waals surface area contributed by atoms with Gasteiger partial charge in [0.2, 0.25) is 0 Å². The minimum atomic E-state index is -0.126. The molecule has 2 N–H and O–H groups in total. The van der Waals surface area contributed by atoms with Gasteiger partial charge < -0.3 is 10.4 Å². The van der Waals surface area contributed by atoms with Crippen molar-refractivity contribution < 1.29 is 5.11 Å². The Morgan fingerprint density at radius 1 is 0.850 bits per heavy atom. The maximum atomic E-state index is 9.68. The number of hydrogen-bond acceptors (Lipinski definition) is 2. The van der Waals surface area contributed by atoms with E-state index in [-0.39, 0.29) is 12.1 Å². The third-order valence-corrected chi connectivity index (χ3v) is 4.79. The van der Waals surface area contributed by atoms with Gasteiger partial charge in [0, 0.05) is 12.1 Å². The molecular formula is C18H37NO. The quantitative estimate of drug-likeness (QED) is 0.534. The van der Waals surface area contributed by atoms with E-state index in [0.717, 1.165) is 12.8 Å². The fourth-order valence-corrected chi connectivity index (χ4v) is 3.29. The molecule has 0 saturated carbocycles. The molecule has 1 aliphatic rings. The third kappa shape index (κ3) is 8.26. The number of unbranched alkanes of at least 4 members (excludes halogenated alkanes) is 9. The summed E-state index contributed by atoms with van der Waals surface area (Å²) in [4.78, 5) is 0. The molecule has 1 saturated heterocycles. The zero-order chi connectivity index (χ0) is 14.6. The van der Waals surface area contributed by atoms with Crippen LogP contribution in [0.25, 0.3) is 0 Å². The molecule has 0 aromatic rings. The number of aliphatic hydroxyl groups excluding tert-OH is 1. The summed E-state index contributed by atoms with van der Waals surface area (Å²) >= 11 is 0. The zero-order valence-electron chi connectivity index (χ0n) is 13.9. The summed E-state index contributed by atoms with van der Waals surface area (Å²) in [6, 6.07) is 0.944. The minimum absolute atomic E-state index is 0.126. The number of rotatable bonds is 11. The van der Waals surface area contributed by atoms with Crippen LogP contribution in [0, 0.1) is 0 Å². The summed E-state index contributed by atoms with van der Waals surface area (Å²) in [6.45, 7) is 4.39. The van der Waals surface area contributed by atoms with Crippen molar-refractivity contribution in [3.63, 3.8) is 0 Å². The van der Waals surface area contributed by atoms with Gasteiger partial charge in [-0.3, -0.25) is 0 Å². The first-order valence-corrected chi connectivity index (χ1v) is 9.18. The van der Waals surface area contributed by atoms with Gasteiger partial charge in [-0.2, -0.15) is 0 Å². The minimum Gasteiger partial charge on any atom is -0.392 e. The average molecular weight is 283 g/mol. The Balaban J connectivity index is 1.83. The smallest absolute Gasteiger partial charge is 0.0691 e. The van der Waals surface area contributed by atoms with Crippen molar-refractivity contribution in [1.29, 1.82) is 0 Å². The Kier molecular flexibility index (Phi) is 10.4. The van der Waals surface area contributed by atoms with Gasteiger partial charge in [-0.05, 0) is 26.2 Å². The Morgan fingerprint density at radius 3 is 1.95 bits per heavy atom. The molecule has 1 aliphatic heterocycles. The van der Waals surface area contributed by atoms with Gasteiger partial charge in [0.15, 0.2) is 0 Å². The summed E-state index contributed by atoms with van der Waals surface area (Å²) in [5.74, 6) is 0. The molecule has 0 spiro atoms. The molecule has 2 nitrogen and oxygen atoms in total. The van der Waals surface area contributed by atoms with Crippen LogP contribution in [0.3, 0.4) is 0 Å². The highest BCUT2D eigenvalue weighted by atomic mass is 16.3. The van der Waals surface area contributed by atoms with Gasteiger partial charge in [-0.25, -0.2) is 0 Å². The summed E-state index contributed by atoms with van der Waals surface area (Å²) in [7, 11) is 0. The van der Waals surface area contributed by atoms with Crippen LogP contribution in [0.1, 0.15) is 97.3 Å². The summed E-state index contributed by atoms with van der Waals surface area (Å²) < 4.78 is 0. The third-order valence-electron chi connectivity index (χ3n) is 4.79. The Morgan fingerprint density at radius 2 is 1.40 bits per heavy atom. The van der Waals surface area contributed by atoms with Crippen LogP contribution in [-0.2, 0) is 0 Å². The van der Waals surface area contributed by atoms with Crippen LogP contribution in [0.2, 0.25) is 0 Å². The van der Waals surface area contributed by atoms with Gasteiger partial charge in [0.05, 0.1) is 6.10 Å². The van der Waals surface area contributed by atoms with Crippen molar-refractivity contribution in [2.45, 2.75) is 116 Å². The normalized spacial score (nSPS) is 26.9. The van der Waals surface area contributed by atoms with Crippen molar-refractivity contribution in [2.24, 2.45) is 0 Å². The van der Waals surface area contributed by atoms with Crippen molar-refractivity contribution >= 4 is 0 Å². The molecule has 0 aromatic heterocycles. The lowest BCUT2D eigenvalue weighted by molar-refractivity contribution is 0.0849. The zero-order valence-corrected chi connectivity index (χ0v) is 13.9. The van der Waals surface area contributed by atoms with Crippen LogP contribution >= 0.6 is 0 Å². The van der Waals surface area contributed by atoms with Crippen molar-refractivity contribution in [1.82, 2.24) is 5.32 Å². The molecule has 0 aliphatic carbocycles. The summed E-state index contributed by atoms with van der Waals surface area (Å²) in [6.07, 6.45) is 17.4. The molecule has 20 heavy (non-hydrogen) atoms. The maximum Gasteiger partial charge on any atom is 0.0691 e. The molecule has 1 rings (SSSR count). The number of aliphatic hydroxyl groups is 1. The predicted molar refractivity (Wildman–Crippen MR) is 88.1 cm³/mol. The topological polar surface area (TPSA) is 32.3 Å². The monoisotopic (exact) mass is 283 g/mol. The first-order chi connectivity index (χ1) is 9.74. The van der Waals surface area contributed by atoms with E-state index < -0.39 is 0 Å². The molecule has 0 aromatic carbocycles. The van der Waals surface area contributed by atoms with Crippen LogP contribution < -0.4 is 5.32 Å². The van der Waals surface area contributed by atoms with Crippen LogP contribution in [0.4, 0.5) is 0 Å². The lowest BCUT2D eigenvalue weighted by Gasteiger charge is -2.32. The highest BCUT2D eigenvalue weighted by Gasteiger charge is 2.24. The van der Waals surface area contributed by atoms with Gasteiger partial charge in [0.25, 0.3) is 0 Å². The molecule has 3 atom stereocenters. The van der Waals surface area contributed by atoms with Gasteiger partial charge >= 0.3 is 0 Å². The largest absolute Gasteiger partial charge is 0.392 e. The first-order valence-electron chi connectivity index (χ1n) is 9.18. The maximum absolute atomic E-state index is 9.68. The Labute approximate surface area is 126 Å². The lowest BCUT2D eigenvalue weighted by Crippen LogP contribution is -2.48. The molecular weight excluding hydrogens is 246 g/mol. The van der Waals surface area contributed by atoms with E-state index in [9.17, 15) is 5.11 Å². The molecule has 0 amide bonds.